The highest BCUT2D eigenvalue weighted by molar-refractivity contribution is 7.47. The van der Waals surface area contributed by atoms with Crippen molar-refractivity contribution in [2.75, 3.05) is 26.4 Å². The lowest BCUT2D eigenvalue weighted by Crippen LogP contribution is -2.29. The molecular weight excluding hydrogens is 1240 g/mol. The van der Waals surface area contributed by atoms with Gasteiger partial charge in [0, 0.05) is 19.4 Å². The number of unbranched alkanes of at least 4 members (excludes halogenated alkanes) is 19. The molecule has 2 unspecified atom stereocenters. The van der Waals surface area contributed by atoms with Crippen LogP contribution in [0.3, 0.4) is 0 Å². The Labute approximate surface area is 606 Å². The maximum absolute atomic E-state index is 12.8. The van der Waals surface area contributed by atoms with E-state index in [4.69, 9.17) is 24.3 Å². The lowest BCUT2D eigenvalue weighted by atomic mass is 10.0. The first-order chi connectivity index (χ1) is 48.8. The minimum absolute atomic E-state index is 0.0408. The zero-order valence-corrected chi connectivity index (χ0v) is 63.3. The van der Waals surface area contributed by atoms with E-state index >= 15 is 0 Å². The topological polar surface area (TPSA) is 134 Å². The van der Waals surface area contributed by atoms with E-state index in [1.54, 1.807) is 0 Å². The van der Waals surface area contributed by atoms with Crippen LogP contribution in [0.2, 0.25) is 0 Å². The predicted molar refractivity (Wildman–Crippen MR) is 431 cm³/mol. The lowest BCUT2D eigenvalue weighted by molar-refractivity contribution is -0.161. The van der Waals surface area contributed by atoms with Crippen molar-refractivity contribution in [3.8, 4) is 0 Å². The molecule has 0 aliphatic heterocycles. The van der Waals surface area contributed by atoms with Gasteiger partial charge in [0.15, 0.2) is 6.10 Å². The number of carbonyl (C=O) groups is 2. The lowest BCUT2D eigenvalue weighted by Gasteiger charge is -2.19. The van der Waals surface area contributed by atoms with Gasteiger partial charge in [-0.15, -0.1) is 0 Å². The summed E-state index contributed by atoms with van der Waals surface area (Å²) in [5, 5.41) is 0. The quantitative estimate of drug-likeness (QED) is 0.0264. The van der Waals surface area contributed by atoms with E-state index in [-0.39, 0.29) is 32.6 Å². The molecular formula is C89H140NO8P. The number of esters is 2. The van der Waals surface area contributed by atoms with E-state index in [2.05, 4.69) is 245 Å². The molecule has 0 saturated carbocycles. The van der Waals surface area contributed by atoms with Crippen molar-refractivity contribution in [3.05, 3.63) is 231 Å². The standard InChI is InChI=1S/C89H140NO8P/c1-3-5-7-9-11-13-15-17-19-21-23-25-27-29-31-33-35-37-39-41-42-43-44-46-48-50-52-54-56-58-60-62-64-66-68-70-72-74-76-78-80-82-89(92)98-87(86-97-99(93,94)96-84-83-90)85-95-88(91)81-79-77-75-73-71-69-67-65-63-61-59-57-55-53-51-49-47-45-40-38-36-34-32-30-28-26-24-22-20-18-16-14-12-10-8-6-4-2/h5-8,11-14,17-20,23-26,29-32,35-38,41-42,44-47,50-53,56-59,87H,3-4,9-10,15-16,21-22,27-28,33-34,39-40,43,48-49,54-55,60-86,90H2,1-2H3,(H,93,94)/b7-5-,8-6-,13-11-,14-12-,19-17-,20-18-,25-23-,26-24-,31-29-,32-30-,37-35-,38-36-,42-41-,46-44-,47-45-,52-50-,53-51-,58-56-,59-57-. The van der Waals surface area contributed by atoms with E-state index in [0.717, 1.165) is 173 Å². The summed E-state index contributed by atoms with van der Waals surface area (Å²) in [6, 6.07) is 0. The first-order valence-electron chi connectivity index (χ1n) is 38.9. The van der Waals surface area contributed by atoms with Gasteiger partial charge in [-0.2, -0.15) is 0 Å². The maximum Gasteiger partial charge on any atom is 0.472 e. The monoisotopic (exact) mass is 1380 g/mol. The van der Waals surface area contributed by atoms with Crippen LogP contribution in [-0.2, 0) is 32.7 Å². The Kier molecular flexibility index (Phi) is 76.2. The molecule has 0 fully saturated rings. The van der Waals surface area contributed by atoms with Crippen LogP contribution in [0.25, 0.3) is 0 Å². The van der Waals surface area contributed by atoms with Gasteiger partial charge in [0.05, 0.1) is 13.2 Å². The van der Waals surface area contributed by atoms with Crippen LogP contribution in [0, 0.1) is 0 Å². The summed E-state index contributed by atoms with van der Waals surface area (Å²) < 4.78 is 33.2. The van der Waals surface area contributed by atoms with Gasteiger partial charge in [-0.1, -0.05) is 341 Å². The number of ether oxygens (including phenoxy) is 2. The number of hydrogen-bond acceptors (Lipinski definition) is 8. The highest BCUT2D eigenvalue weighted by Crippen LogP contribution is 2.43. The molecule has 99 heavy (non-hydrogen) atoms. The third-order valence-corrected chi connectivity index (χ3v) is 16.5. The summed E-state index contributed by atoms with van der Waals surface area (Å²) in [5.41, 5.74) is 5.41. The Morgan fingerprint density at radius 1 is 0.303 bits per heavy atom. The molecule has 0 aromatic heterocycles. The summed E-state index contributed by atoms with van der Waals surface area (Å²) in [7, 11) is -4.42. The highest BCUT2D eigenvalue weighted by Gasteiger charge is 2.26. The average molecular weight is 1380 g/mol. The fraction of sp³-hybridized carbons (Fsp3) is 0.551. The summed E-state index contributed by atoms with van der Waals surface area (Å²) in [4.78, 5) is 35.5. The number of allylic oxidation sites excluding steroid dienone is 38. The van der Waals surface area contributed by atoms with Gasteiger partial charge in [0.2, 0.25) is 0 Å². The first-order valence-corrected chi connectivity index (χ1v) is 40.4. The van der Waals surface area contributed by atoms with Gasteiger partial charge < -0.3 is 20.1 Å². The summed E-state index contributed by atoms with van der Waals surface area (Å²) in [6.45, 7) is 3.49. The van der Waals surface area contributed by atoms with Crippen molar-refractivity contribution in [2.45, 2.75) is 290 Å². The molecule has 10 heteroatoms. The minimum Gasteiger partial charge on any atom is -0.462 e. The second-order valence-electron chi connectivity index (χ2n) is 24.8. The zero-order valence-electron chi connectivity index (χ0n) is 62.4. The van der Waals surface area contributed by atoms with Crippen molar-refractivity contribution in [3.63, 3.8) is 0 Å². The van der Waals surface area contributed by atoms with Gasteiger partial charge in [-0.3, -0.25) is 18.6 Å². The molecule has 9 nitrogen and oxygen atoms in total. The van der Waals surface area contributed by atoms with Crippen LogP contribution in [0.15, 0.2) is 231 Å². The van der Waals surface area contributed by atoms with Crippen molar-refractivity contribution >= 4 is 19.8 Å². The molecule has 0 spiro atoms. The molecule has 0 bridgehead atoms. The molecule has 0 radical (unpaired) electrons. The minimum atomic E-state index is -4.42. The van der Waals surface area contributed by atoms with Crippen molar-refractivity contribution in [1.29, 1.82) is 0 Å². The molecule has 2 atom stereocenters. The van der Waals surface area contributed by atoms with Crippen LogP contribution in [0.1, 0.15) is 284 Å². The van der Waals surface area contributed by atoms with E-state index in [1.807, 2.05) is 0 Å². The van der Waals surface area contributed by atoms with E-state index in [9.17, 15) is 19.0 Å². The summed E-state index contributed by atoms with van der Waals surface area (Å²) >= 11 is 0. The Morgan fingerprint density at radius 3 is 0.778 bits per heavy atom. The van der Waals surface area contributed by atoms with Gasteiger partial charge >= 0.3 is 19.8 Å². The van der Waals surface area contributed by atoms with Crippen LogP contribution in [0.4, 0.5) is 0 Å². The Hall–Kier alpha value is -5.93. The number of phosphoric acid groups is 1. The second-order valence-corrected chi connectivity index (χ2v) is 26.2. The normalized spacial score (nSPS) is 14.2. The fourth-order valence-corrected chi connectivity index (χ4v) is 10.7. The largest absolute Gasteiger partial charge is 0.472 e. The van der Waals surface area contributed by atoms with Crippen LogP contribution in [-0.4, -0.2) is 49.3 Å². The fourth-order valence-electron chi connectivity index (χ4n) is 9.89. The van der Waals surface area contributed by atoms with Gasteiger partial charge in [0.25, 0.3) is 0 Å². The van der Waals surface area contributed by atoms with Crippen LogP contribution in [0.5, 0.6) is 0 Å². The van der Waals surface area contributed by atoms with Crippen LogP contribution < -0.4 is 5.73 Å². The molecule has 0 aromatic rings. The number of hydrogen-bond donors (Lipinski definition) is 2. The number of carbonyl (C=O) groups excluding carboxylic acids is 2. The van der Waals surface area contributed by atoms with Gasteiger partial charge in [-0.25, -0.2) is 4.57 Å². The number of rotatable bonds is 70. The van der Waals surface area contributed by atoms with Crippen molar-refractivity contribution < 1.29 is 37.6 Å². The third-order valence-electron chi connectivity index (χ3n) is 15.5. The predicted octanol–water partition coefficient (Wildman–Crippen LogP) is 26.5. The van der Waals surface area contributed by atoms with E-state index < -0.39 is 32.5 Å². The molecule has 0 heterocycles. The molecule has 0 aliphatic rings. The molecule has 0 aliphatic carbocycles. The van der Waals surface area contributed by atoms with E-state index in [1.165, 1.54) is 70.6 Å². The van der Waals surface area contributed by atoms with Gasteiger partial charge in [-0.05, 0) is 161 Å². The zero-order chi connectivity index (χ0) is 71.5. The van der Waals surface area contributed by atoms with Crippen LogP contribution >= 0.6 is 7.82 Å². The number of nitrogens with two attached hydrogens (primary N) is 1. The summed E-state index contributed by atoms with van der Waals surface area (Å²) in [5.74, 6) is -0.852. The molecule has 0 aromatic carbocycles. The highest BCUT2D eigenvalue weighted by atomic mass is 31.2. The molecule has 3 N–H and O–H groups in total. The summed E-state index contributed by atoms with van der Waals surface area (Å²) in [6.07, 6.45) is 127. The maximum atomic E-state index is 12.8. The third kappa shape index (κ3) is 80.9. The van der Waals surface area contributed by atoms with Gasteiger partial charge in [0.1, 0.15) is 6.61 Å². The second kappa shape index (κ2) is 81.0. The smallest absolute Gasteiger partial charge is 0.462 e. The molecule has 0 amide bonds. The Bertz CT molecular complexity index is 2490. The molecule has 0 rings (SSSR count). The Balaban J connectivity index is 3.98. The SMILES string of the molecule is CC/C=C\C/C=C\C/C=C\C/C=C\C/C=C\C/C=C\C/C=C\C/C=C\C/C=C\C/C=C\CCCCCCCCCCCCC(=O)OC(COC(=O)CCCCCCCCCCC/C=C\C/C=C\C/C=C\C/C=C\C/C=C\C/C=C\C/C=C\C/C=C\C/C=C\CC)COP(=O)(O)OCCN. The average Bonchev–Trinajstić information content (AvgIpc) is 1.19. The van der Waals surface area contributed by atoms with Crippen molar-refractivity contribution in [2.24, 2.45) is 5.73 Å². The van der Waals surface area contributed by atoms with E-state index in [0.29, 0.717) is 12.8 Å². The molecule has 0 saturated heterocycles. The Morgan fingerprint density at radius 2 is 0.525 bits per heavy atom. The molecule has 554 valence electrons. The van der Waals surface area contributed by atoms with Crippen molar-refractivity contribution in [1.82, 2.24) is 0 Å². The number of phosphoric ester groups is 1. The first kappa shape index (κ1) is 93.1.